The van der Waals surface area contributed by atoms with Crippen LogP contribution in [-0.2, 0) is 4.79 Å². The maximum absolute atomic E-state index is 12.1. The van der Waals surface area contributed by atoms with Gasteiger partial charge >= 0.3 is 0 Å². The van der Waals surface area contributed by atoms with E-state index in [0.717, 1.165) is 16.6 Å². The van der Waals surface area contributed by atoms with Gasteiger partial charge < -0.3 is 11.1 Å². The second kappa shape index (κ2) is 4.97. The SMILES string of the molecule is CC(C)(C)[C@H](N)C(=O)Nc1cccc2ncccc12. The third-order valence-electron chi connectivity index (χ3n) is 3.12. The quantitative estimate of drug-likeness (QED) is 0.868. The number of amides is 1. The van der Waals surface area contributed by atoms with Gasteiger partial charge in [0, 0.05) is 11.6 Å². The predicted molar refractivity (Wildman–Crippen MR) is 77.8 cm³/mol. The van der Waals surface area contributed by atoms with Gasteiger partial charge in [-0.1, -0.05) is 26.8 Å². The number of benzene rings is 1. The molecule has 100 valence electrons. The number of carbonyl (C=O) groups excluding carboxylic acids is 1. The molecule has 0 bridgehead atoms. The van der Waals surface area contributed by atoms with Gasteiger partial charge in [-0.2, -0.15) is 0 Å². The summed E-state index contributed by atoms with van der Waals surface area (Å²) >= 11 is 0. The minimum Gasteiger partial charge on any atom is -0.324 e. The summed E-state index contributed by atoms with van der Waals surface area (Å²) in [6.45, 7) is 5.84. The molecule has 1 heterocycles. The van der Waals surface area contributed by atoms with Crippen molar-refractivity contribution in [3.8, 4) is 0 Å². The van der Waals surface area contributed by atoms with Gasteiger partial charge in [-0.25, -0.2) is 0 Å². The van der Waals surface area contributed by atoms with Gasteiger partial charge in [0.2, 0.25) is 5.91 Å². The lowest BCUT2D eigenvalue weighted by Crippen LogP contribution is -2.45. The van der Waals surface area contributed by atoms with Gasteiger partial charge in [-0.15, -0.1) is 0 Å². The molecule has 0 saturated carbocycles. The summed E-state index contributed by atoms with van der Waals surface area (Å²) in [6.07, 6.45) is 1.73. The first-order chi connectivity index (χ1) is 8.89. The highest BCUT2D eigenvalue weighted by molar-refractivity contribution is 6.03. The average molecular weight is 257 g/mol. The van der Waals surface area contributed by atoms with Crippen molar-refractivity contribution in [2.45, 2.75) is 26.8 Å². The first-order valence-corrected chi connectivity index (χ1v) is 6.30. The van der Waals surface area contributed by atoms with Gasteiger partial charge in [-0.05, 0) is 29.7 Å². The highest BCUT2D eigenvalue weighted by Crippen LogP contribution is 2.23. The fourth-order valence-electron chi connectivity index (χ4n) is 1.82. The number of hydrogen-bond acceptors (Lipinski definition) is 3. The van der Waals surface area contributed by atoms with Gasteiger partial charge in [-0.3, -0.25) is 9.78 Å². The zero-order valence-corrected chi connectivity index (χ0v) is 11.5. The molecule has 0 unspecified atom stereocenters. The van der Waals surface area contributed by atoms with E-state index in [-0.39, 0.29) is 11.3 Å². The molecule has 4 heteroatoms. The van der Waals surface area contributed by atoms with Crippen molar-refractivity contribution in [2.24, 2.45) is 11.1 Å². The Hall–Kier alpha value is -1.94. The van der Waals surface area contributed by atoms with Crippen molar-refractivity contribution in [3.05, 3.63) is 36.5 Å². The van der Waals surface area contributed by atoms with Crippen LogP contribution in [0.15, 0.2) is 36.5 Å². The molecular formula is C15H19N3O. The molecule has 0 aliphatic rings. The summed E-state index contributed by atoms with van der Waals surface area (Å²) < 4.78 is 0. The van der Waals surface area contributed by atoms with E-state index in [9.17, 15) is 4.79 Å². The first-order valence-electron chi connectivity index (χ1n) is 6.30. The van der Waals surface area contributed by atoms with Gasteiger partial charge in [0.15, 0.2) is 0 Å². The molecule has 0 fully saturated rings. The number of carbonyl (C=O) groups is 1. The Bertz CT molecular complexity index is 596. The summed E-state index contributed by atoms with van der Waals surface area (Å²) in [7, 11) is 0. The minimum absolute atomic E-state index is 0.177. The second-order valence-electron chi connectivity index (χ2n) is 5.71. The molecule has 0 aliphatic heterocycles. The van der Waals surface area contributed by atoms with Crippen molar-refractivity contribution in [1.29, 1.82) is 0 Å². The largest absolute Gasteiger partial charge is 0.324 e. The van der Waals surface area contributed by atoms with Crippen LogP contribution in [0.1, 0.15) is 20.8 Å². The Balaban J connectivity index is 2.29. The Kier molecular flexibility index (Phi) is 3.53. The molecule has 0 spiro atoms. The van der Waals surface area contributed by atoms with Crippen molar-refractivity contribution in [1.82, 2.24) is 4.98 Å². The molecule has 4 nitrogen and oxygen atoms in total. The van der Waals surface area contributed by atoms with Crippen molar-refractivity contribution >= 4 is 22.5 Å². The van der Waals surface area contributed by atoms with E-state index in [1.165, 1.54) is 0 Å². The maximum Gasteiger partial charge on any atom is 0.241 e. The monoisotopic (exact) mass is 257 g/mol. The van der Waals surface area contributed by atoms with E-state index in [1.54, 1.807) is 6.20 Å². The van der Waals surface area contributed by atoms with E-state index >= 15 is 0 Å². The summed E-state index contributed by atoms with van der Waals surface area (Å²) in [5, 5.41) is 3.80. The topological polar surface area (TPSA) is 68.0 Å². The van der Waals surface area contributed by atoms with Crippen LogP contribution in [0, 0.1) is 5.41 Å². The van der Waals surface area contributed by atoms with Crippen LogP contribution >= 0.6 is 0 Å². The van der Waals surface area contributed by atoms with E-state index in [2.05, 4.69) is 10.3 Å². The van der Waals surface area contributed by atoms with Crippen LogP contribution in [-0.4, -0.2) is 16.9 Å². The molecule has 2 aromatic rings. The van der Waals surface area contributed by atoms with Gasteiger partial charge in [0.1, 0.15) is 0 Å². The lowest BCUT2D eigenvalue weighted by Gasteiger charge is -2.26. The summed E-state index contributed by atoms with van der Waals surface area (Å²) in [4.78, 5) is 16.4. The lowest BCUT2D eigenvalue weighted by atomic mass is 9.87. The molecule has 1 aromatic carbocycles. The standard InChI is InChI=1S/C15H19N3O/c1-15(2,3)13(16)14(19)18-12-8-4-7-11-10(12)6-5-9-17-11/h4-9,13H,16H2,1-3H3,(H,18,19)/t13-/m1/s1. The first kappa shape index (κ1) is 13.5. The number of aromatic nitrogens is 1. The van der Waals surface area contributed by atoms with Crippen molar-refractivity contribution < 1.29 is 4.79 Å². The number of nitrogens with one attached hydrogen (secondary N) is 1. The fraction of sp³-hybridized carbons (Fsp3) is 0.333. The van der Waals surface area contributed by atoms with Crippen LogP contribution < -0.4 is 11.1 Å². The van der Waals surface area contributed by atoms with Crippen molar-refractivity contribution in [3.63, 3.8) is 0 Å². The number of hydrogen-bond donors (Lipinski definition) is 2. The van der Waals surface area contributed by atoms with Gasteiger partial charge in [0.05, 0.1) is 17.2 Å². The Labute approximate surface area is 113 Å². The zero-order valence-electron chi connectivity index (χ0n) is 11.5. The van der Waals surface area contributed by atoms with E-state index in [1.807, 2.05) is 51.1 Å². The molecule has 0 aliphatic carbocycles. The molecule has 19 heavy (non-hydrogen) atoms. The van der Waals surface area contributed by atoms with Crippen LogP contribution in [0.5, 0.6) is 0 Å². The Morgan fingerprint density at radius 1 is 1.26 bits per heavy atom. The summed E-state index contributed by atoms with van der Waals surface area (Å²) in [5.74, 6) is -0.177. The van der Waals surface area contributed by atoms with E-state index in [0.29, 0.717) is 0 Å². The Morgan fingerprint density at radius 3 is 2.68 bits per heavy atom. The lowest BCUT2D eigenvalue weighted by molar-refractivity contribution is -0.119. The summed E-state index contributed by atoms with van der Waals surface area (Å²) in [6, 6.07) is 8.86. The molecule has 1 amide bonds. The molecule has 1 atom stereocenters. The number of pyridine rings is 1. The van der Waals surface area contributed by atoms with Crippen LogP contribution in [0.3, 0.4) is 0 Å². The molecule has 3 N–H and O–H groups in total. The molecule has 0 saturated heterocycles. The molecule has 1 aromatic heterocycles. The number of rotatable bonds is 2. The van der Waals surface area contributed by atoms with E-state index < -0.39 is 6.04 Å². The number of nitrogens with zero attached hydrogens (tertiary/aromatic N) is 1. The van der Waals surface area contributed by atoms with E-state index in [4.69, 9.17) is 5.73 Å². The fourth-order valence-corrected chi connectivity index (χ4v) is 1.82. The zero-order chi connectivity index (χ0) is 14.0. The molecule has 0 radical (unpaired) electrons. The highest BCUT2D eigenvalue weighted by Gasteiger charge is 2.27. The average Bonchev–Trinajstić information content (AvgIpc) is 2.37. The summed E-state index contributed by atoms with van der Waals surface area (Å²) in [5.41, 5.74) is 7.28. The second-order valence-corrected chi connectivity index (χ2v) is 5.71. The number of fused-ring (bicyclic) bond motifs is 1. The normalized spacial score (nSPS) is 13.3. The predicted octanol–water partition coefficient (Wildman–Crippen LogP) is 2.55. The third kappa shape index (κ3) is 2.90. The smallest absolute Gasteiger partial charge is 0.241 e. The van der Waals surface area contributed by atoms with Crippen LogP contribution in [0.4, 0.5) is 5.69 Å². The number of nitrogens with two attached hydrogens (primary N) is 1. The Morgan fingerprint density at radius 2 is 2.00 bits per heavy atom. The molecular weight excluding hydrogens is 238 g/mol. The number of anilines is 1. The van der Waals surface area contributed by atoms with Crippen LogP contribution in [0.25, 0.3) is 10.9 Å². The third-order valence-corrected chi connectivity index (χ3v) is 3.12. The van der Waals surface area contributed by atoms with Crippen LogP contribution in [0.2, 0.25) is 0 Å². The minimum atomic E-state index is -0.556. The van der Waals surface area contributed by atoms with Gasteiger partial charge in [0.25, 0.3) is 0 Å². The van der Waals surface area contributed by atoms with Crippen molar-refractivity contribution in [2.75, 3.05) is 5.32 Å². The molecule has 2 rings (SSSR count). The maximum atomic E-state index is 12.1. The highest BCUT2D eigenvalue weighted by atomic mass is 16.2.